The van der Waals surface area contributed by atoms with Crippen LogP contribution >= 0.6 is 0 Å². The van der Waals surface area contributed by atoms with E-state index in [-0.39, 0.29) is 0 Å². The lowest BCUT2D eigenvalue weighted by Crippen LogP contribution is -1.93. The standard InChI is InChI=1S/C11H13NO/c1-2-3-4-9-13-11-7-5-10(12)6-8-11/h5-8H,2,9,12H2,1H3. The van der Waals surface area contributed by atoms with E-state index in [1.165, 1.54) is 0 Å². The van der Waals surface area contributed by atoms with Crippen LogP contribution in [0, 0.1) is 11.8 Å². The van der Waals surface area contributed by atoms with E-state index in [1.807, 2.05) is 31.2 Å². The van der Waals surface area contributed by atoms with Crippen LogP contribution in [0.25, 0.3) is 0 Å². The van der Waals surface area contributed by atoms with E-state index in [9.17, 15) is 0 Å². The first-order valence-electron chi connectivity index (χ1n) is 4.27. The Morgan fingerprint density at radius 2 is 1.92 bits per heavy atom. The van der Waals surface area contributed by atoms with Gasteiger partial charge in [0.25, 0.3) is 0 Å². The fourth-order valence-corrected chi connectivity index (χ4v) is 0.860. The molecule has 0 saturated carbocycles. The van der Waals surface area contributed by atoms with Crippen molar-refractivity contribution in [1.29, 1.82) is 0 Å². The normalized spacial score (nSPS) is 8.69. The summed E-state index contributed by atoms with van der Waals surface area (Å²) in [5.74, 6) is 6.63. The van der Waals surface area contributed by atoms with Gasteiger partial charge in [0.1, 0.15) is 12.4 Å². The molecule has 0 aliphatic heterocycles. The summed E-state index contributed by atoms with van der Waals surface area (Å²) in [5.41, 5.74) is 6.26. The Labute approximate surface area is 78.7 Å². The lowest BCUT2D eigenvalue weighted by atomic mass is 10.3. The summed E-state index contributed by atoms with van der Waals surface area (Å²) in [6.07, 6.45) is 0.866. The van der Waals surface area contributed by atoms with Gasteiger partial charge in [-0.3, -0.25) is 0 Å². The quantitative estimate of drug-likeness (QED) is 0.551. The molecule has 0 aromatic heterocycles. The number of hydrogen-bond acceptors (Lipinski definition) is 2. The second kappa shape index (κ2) is 5.10. The number of anilines is 1. The van der Waals surface area contributed by atoms with Crippen molar-refractivity contribution in [1.82, 2.24) is 0 Å². The van der Waals surface area contributed by atoms with Gasteiger partial charge in [-0.15, -0.1) is 5.92 Å². The van der Waals surface area contributed by atoms with Gasteiger partial charge in [0.2, 0.25) is 0 Å². The Bertz CT molecular complexity index is 305. The predicted octanol–water partition coefficient (Wildman–Crippen LogP) is 2.06. The van der Waals surface area contributed by atoms with E-state index >= 15 is 0 Å². The molecule has 2 nitrogen and oxygen atoms in total. The second-order valence-electron chi connectivity index (χ2n) is 2.56. The molecule has 2 heteroatoms. The number of benzene rings is 1. The lowest BCUT2D eigenvalue weighted by molar-refractivity contribution is 0.370. The fraction of sp³-hybridized carbons (Fsp3) is 0.273. The molecule has 2 N–H and O–H groups in total. The first-order chi connectivity index (χ1) is 6.33. The molecular weight excluding hydrogens is 162 g/mol. The minimum atomic E-state index is 0.442. The van der Waals surface area contributed by atoms with Crippen LogP contribution in [0.3, 0.4) is 0 Å². The van der Waals surface area contributed by atoms with Crippen LogP contribution in [0.2, 0.25) is 0 Å². The maximum Gasteiger partial charge on any atom is 0.149 e. The average molecular weight is 175 g/mol. The molecule has 0 amide bonds. The molecule has 1 aromatic rings. The predicted molar refractivity (Wildman–Crippen MR) is 54.4 cm³/mol. The topological polar surface area (TPSA) is 35.2 Å². The Balaban J connectivity index is 2.41. The third kappa shape index (κ3) is 3.53. The van der Waals surface area contributed by atoms with Gasteiger partial charge < -0.3 is 10.5 Å². The first kappa shape index (κ1) is 9.47. The van der Waals surface area contributed by atoms with E-state index in [1.54, 1.807) is 0 Å². The summed E-state index contributed by atoms with van der Waals surface area (Å²) in [7, 11) is 0. The molecule has 0 radical (unpaired) electrons. The zero-order chi connectivity index (χ0) is 9.52. The van der Waals surface area contributed by atoms with Gasteiger partial charge >= 0.3 is 0 Å². The highest BCUT2D eigenvalue weighted by molar-refractivity contribution is 5.41. The molecule has 0 aliphatic carbocycles. The SMILES string of the molecule is CCC#CCOc1ccc(N)cc1. The molecule has 1 rings (SSSR count). The van der Waals surface area contributed by atoms with E-state index in [0.29, 0.717) is 6.61 Å². The van der Waals surface area contributed by atoms with Crippen LogP contribution in [-0.4, -0.2) is 6.61 Å². The van der Waals surface area contributed by atoms with E-state index in [2.05, 4.69) is 11.8 Å². The highest BCUT2D eigenvalue weighted by atomic mass is 16.5. The molecule has 0 heterocycles. The summed E-state index contributed by atoms with van der Waals surface area (Å²) in [6, 6.07) is 7.29. The van der Waals surface area contributed by atoms with E-state index in [0.717, 1.165) is 17.9 Å². The molecule has 0 fully saturated rings. The zero-order valence-corrected chi connectivity index (χ0v) is 7.71. The maximum absolute atomic E-state index is 5.52. The van der Waals surface area contributed by atoms with Crippen molar-refractivity contribution in [2.75, 3.05) is 12.3 Å². The van der Waals surface area contributed by atoms with Crippen LogP contribution < -0.4 is 10.5 Å². The largest absolute Gasteiger partial charge is 0.481 e. The highest BCUT2D eigenvalue weighted by Crippen LogP contribution is 2.12. The van der Waals surface area contributed by atoms with Crippen LogP contribution in [0.4, 0.5) is 5.69 Å². The first-order valence-corrected chi connectivity index (χ1v) is 4.27. The average Bonchev–Trinajstić information content (AvgIpc) is 2.15. The van der Waals surface area contributed by atoms with Crippen molar-refractivity contribution in [2.24, 2.45) is 0 Å². The summed E-state index contributed by atoms with van der Waals surface area (Å²) in [6.45, 7) is 2.45. The third-order valence-corrected chi connectivity index (χ3v) is 1.49. The van der Waals surface area contributed by atoms with Gasteiger partial charge in [-0.2, -0.15) is 0 Å². The van der Waals surface area contributed by atoms with Gasteiger partial charge in [0, 0.05) is 12.1 Å². The maximum atomic E-state index is 5.52. The van der Waals surface area contributed by atoms with Crippen molar-refractivity contribution in [2.45, 2.75) is 13.3 Å². The van der Waals surface area contributed by atoms with Gasteiger partial charge in [0.05, 0.1) is 0 Å². The molecule has 0 aliphatic rings. The van der Waals surface area contributed by atoms with Crippen LogP contribution in [0.5, 0.6) is 5.75 Å². The zero-order valence-electron chi connectivity index (χ0n) is 7.71. The fourth-order valence-electron chi connectivity index (χ4n) is 0.860. The van der Waals surface area contributed by atoms with Crippen molar-refractivity contribution < 1.29 is 4.74 Å². The minimum absolute atomic E-state index is 0.442. The number of hydrogen-bond donors (Lipinski definition) is 1. The number of ether oxygens (including phenoxy) is 1. The van der Waals surface area contributed by atoms with E-state index < -0.39 is 0 Å². The number of nitrogens with two attached hydrogens (primary N) is 1. The second-order valence-corrected chi connectivity index (χ2v) is 2.56. The van der Waals surface area contributed by atoms with Crippen molar-refractivity contribution >= 4 is 5.69 Å². The van der Waals surface area contributed by atoms with Crippen molar-refractivity contribution in [3.05, 3.63) is 24.3 Å². The Morgan fingerprint density at radius 1 is 1.23 bits per heavy atom. The molecule has 68 valence electrons. The summed E-state index contributed by atoms with van der Waals surface area (Å²) in [4.78, 5) is 0. The van der Waals surface area contributed by atoms with Crippen LogP contribution in [-0.2, 0) is 0 Å². The number of nitrogen functional groups attached to an aromatic ring is 1. The smallest absolute Gasteiger partial charge is 0.149 e. The highest BCUT2D eigenvalue weighted by Gasteiger charge is 1.89. The molecular formula is C11H13NO. The van der Waals surface area contributed by atoms with E-state index in [4.69, 9.17) is 10.5 Å². The molecule has 13 heavy (non-hydrogen) atoms. The Morgan fingerprint density at radius 3 is 2.54 bits per heavy atom. The lowest BCUT2D eigenvalue weighted by Gasteiger charge is -2.01. The summed E-state index contributed by atoms with van der Waals surface area (Å²) >= 11 is 0. The van der Waals surface area contributed by atoms with Gasteiger partial charge in [-0.05, 0) is 24.3 Å². The Hall–Kier alpha value is -1.62. The molecule has 0 saturated heterocycles. The van der Waals surface area contributed by atoms with Crippen LogP contribution in [0.15, 0.2) is 24.3 Å². The molecule has 1 aromatic carbocycles. The number of rotatable bonds is 2. The monoisotopic (exact) mass is 175 g/mol. The Kier molecular flexibility index (Phi) is 3.72. The summed E-state index contributed by atoms with van der Waals surface area (Å²) in [5, 5.41) is 0. The van der Waals surface area contributed by atoms with Gasteiger partial charge in [0.15, 0.2) is 0 Å². The third-order valence-electron chi connectivity index (χ3n) is 1.49. The molecule has 0 bridgehead atoms. The van der Waals surface area contributed by atoms with Gasteiger partial charge in [-0.25, -0.2) is 0 Å². The molecule has 0 atom stereocenters. The molecule has 0 unspecified atom stereocenters. The molecule has 0 spiro atoms. The minimum Gasteiger partial charge on any atom is -0.481 e. The van der Waals surface area contributed by atoms with Gasteiger partial charge in [-0.1, -0.05) is 12.8 Å². The van der Waals surface area contributed by atoms with Crippen LogP contribution in [0.1, 0.15) is 13.3 Å². The summed E-state index contributed by atoms with van der Waals surface area (Å²) < 4.78 is 5.33. The van der Waals surface area contributed by atoms with Crippen molar-refractivity contribution in [3.8, 4) is 17.6 Å². The van der Waals surface area contributed by atoms with Crippen molar-refractivity contribution in [3.63, 3.8) is 0 Å².